The van der Waals surface area contributed by atoms with Gasteiger partial charge in [-0.25, -0.2) is 0 Å². The van der Waals surface area contributed by atoms with Gasteiger partial charge >= 0.3 is 0 Å². The Hall–Kier alpha value is -3.00. The van der Waals surface area contributed by atoms with Crippen LogP contribution in [0.4, 0.5) is 22.7 Å². The second-order valence-electron chi connectivity index (χ2n) is 12.1. The lowest BCUT2D eigenvalue weighted by molar-refractivity contribution is -0.116. The van der Waals surface area contributed by atoms with Gasteiger partial charge in [0.2, 0.25) is 0 Å². The van der Waals surface area contributed by atoms with Crippen molar-refractivity contribution in [2.24, 2.45) is 5.10 Å². The molecule has 2 aromatic rings. The highest BCUT2D eigenvalue weighted by atomic mass is 32.2. The van der Waals surface area contributed by atoms with E-state index < -0.39 is 30.0 Å². The first-order valence-corrected chi connectivity index (χ1v) is 19.4. The summed E-state index contributed by atoms with van der Waals surface area (Å²) in [5, 5.41) is 8.62. The maximum Gasteiger partial charge on any atom is 0.294 e. The van der Waals surface area contributed by atoms with Crippen LogP contribution >= 0.6 is 0 Å². The van der Waals surface area contributed by atoms with Crippen LogP contribution in [0.1, 0.15) is 122 Å². The Morgan fingerprint density at radius 3 is 1.70 bits per heavy atom. The minimum atomic E-state index is -4.58. The van der Waals surface area contributed by atoms with Gasteiger partial charge in [-0.2, -0.15) is 26.9 Å². The van der Waals surface area contributed by atoms with E-state index in [9.17, 15) is 30.7 Å². The molecule has 11 nitrogen and oxygen atoms in total. The van der Waals surface area contributed by atoms with Gasteiger partial charge in [-0.3, -0.25) is 13.9 Å². The third-order valence-electron chi connectivity index (χ3n) is 8.24. The second-order valence-corrected chi connectivity index (χ2v) is 14.9. The van der Waals surface area contributed by atoms with Crippen LogP contribution in [0.5, 0.6) is 0 Å². The molecule has 46 heavy (non-hydrogen) atoms. The lowest BCUT2D eigenvalue weighted by Crippen LogP contribution is -2.21. The summed E-state index contributed by atoms with van der Waals surface area (Å²) in [4.78, 5) is 12.1. The third kappa shape index (κ3) is 12.3. The van der Waals surface area contributed by atoms with Gasteiger partial charge in [0.05, 0.1) is 39.0 Å². The van der Waals surface area contributed by atoms with Crippen molar-refractivity contribution in [3.05, 3.63) is 36.4 Å². The summed E-state index contributed by atoms with van der Waals surface area (Å²) in [5.74, 6) is -0.288. The van der Waals surface area contributed by atoms with E-state index in [1.54, 1.807) is 0 Å². The first kappa shape index (κ1) is 37.5. The third-order valence-corrected chi connectivity index (χ3v) is 9.94. The highest BCUT2D eigenvalue weighted by Crippen LogP contribution is 2.36. The molecule has 0 saturated heterocycles. The quantitative estimate of drug-likeness (QED) is 0.0542. The largest absolute Gasteiger partial charge is 0.397 e. The summed E-state index contributed by atoms with van der Waals surface area (Å²) in [7, 11) is -9.07. The summed E-state index contributed by atoms with van der Waals surface area (Å²) in [5.41, 5.74) is 7.18. The van der Waals surface area contributed by atoms with Crippen LogP contribution in [0.3, 0.4) is 0 Å². The number of carbonyl (C=O) groups excluding carboxylic acids is 1. The zero-order valence-corrected chi connectivity index (χ0v) is 28.5. The van der Waals surface area contributed by atoms with E-state index in [-0.39, 0.29) is 35.1 Å². The predicted octanol–water partition coefficient (Wildman–Crippen LogP) is 8.25. The summed E-state index contributed by atoms with van der Waals surface area (Å²) in [6.45, 7) is 2.25. The Bertz CT molecular complexity index is 1540. The van der Waals surface area contributed by atoms with Crippen LogP contribution < -0.4 is 16.1 Å². The average molecular weight is 679 g/mol. The topological polar surface area (TPSA) is 179 Å². The maximum atomic E-state index is 13.0. The van der Waals surface area contributed by atoms with Crippen molar-refractivity contribution in [3.8, 4) is 0 Å². The van der Waals surface area contributed by atoms with Crippen molar-refractivity contribution in [3.63, 3.8) is 0 Å². The number of rotatable bonds is 22. The fraction of sp³-hybridized carbons (Fsp3) is 0.576. The van der Waals surface area contributed by atoms with Crippen LogP contribution in [-0.2, 0) is 25.0 Å². The van der Waals surface area contributed by atoms with Gasteiger partial charge in [0.15, 0.2) is 0 Å². The minimum absolute atomic E-state index is 0.0567. The lowest BCUT2D eigenvalue weighted by atomic mass is 10.0. The summed E-state index contributed by atoms with van der Waals surface area (Å²) in [6, 6.07) is 7.11. The minimum Gasteiger partial charge on any atom is -0.397 e. The van der Waals surface area contributed by atoms with Gasteiger partial charge in [0.25, 0.3) is 26.1 Å². The Morgan fingerprint density at radius 2 is 1.20 bits per heavy atom. The highest BCUT2D eigenvalue weighted by Gasteiger charge is 2.28. The molecule has 256 valence electrons. The molecule has 1 heterocycles. The molecule has 1 aliphatic rings. The van der Waals surface area contributed by atoms with E-state index in [0.717, 1.165) is 49.2 Å². The van der Waals surface area contributed by atoms with E-state index in [0.29, 0.717) is 6.42 Å². The van der Waals surface area contributed by atoms with Crippen LogP contribution in [-0.4, -0.2) is 37.6 Å². The van der Waals surface area contributed by atoms with Crippen molar-refractivity contribution in [2.75, 3.05) is 16.1 Å². The number of hydrazone groups is 1. The van der Waals surface area contributed by atoms with E-state index in [1.807, 2.05) is 0 Å². The number of nitrogens with zero attached hydrogens (tertiary/aromatic N) is 2. The van der Waals surface area contributed by atoms with Crippen molar-refractivity contribution >= 4 is 54.6 Å². The number of amides is 1. The molecule has 0 atom stereocenters. The number of nitrogens with one attached hydrogen (secondary N) is 1. The van der Waals surface area contributed by atoms with Crippen molar-refractivity contribution in [2.45, 2.75) is 132 Å². The molecule has 1 amide bonds. The van der Waals surface area contributed by atoms with Crippen LogP contribution in [0, 0.1) is 0 Å². The Morgan fingerprint density at radius 1 is 0.717 bits per heavy atom. The molecule has 3 rings (SSSR count). The highest BCUT2D eigenvalue weighted by molar-refractivity contribution is 7.86. The number of anilines is 4. The number of hydrogen-bond acceptors (Lipinski definition) is 8. The van der Waals surface area contributed by atoms with Crippen molar-refractivity contribution < 1.29 is 30.7 Å². The number of hydrogen-bond donors (Lipinski definition) is 4. The molecule has 0 spiro atoms. The molecular formula is C33H50N4O7S2. The summed E-state index contributed by atoms with van der Waals surface area (Å²) in [6.07, 6.45) is 21.3. The van der Waals surface area contributed by atoms with Gasteiger partial charge in [-0.15, -0.1) is 0 Å². The SMILES string of the molecule is CCCCCCCCCCCCCCCCCCC1=NN(c2ccc(S(=O)(=O)O)cc2Nc2ccc(S(=O)(=O)O)cc2N)C(=O)C1. The van der Waals surface area contributed by atoms with E-state index in [1.165, 1.54) is 101 Å². The zero-order chi connectivity index (χ0) is 33.6. The fourth-order valence-electron chi connectivity index (χ4n) is 5.61. The molecule has 2 aromatic carbocycles. The molecule has 0 radical (unpaired) electrons. The lowest BCUT2D eigenvalue weighted by Gasteiger charge is -2.19. The smallest absolute Gasteiger partial charge is 0.294 e. The normalized spacial score (nSPS) is 13.8. The van der Waals surface area contributed by atoms with E-state index >= 15 is 0 Å². The van der Waals surface area contributed by atoms with Gasteiger partial charge < -0.3 is 11.1 Å². The van der Waals surface area contributed by atoms with Gasteiger partial charge in [0.1, 0.15) is 0 Å². The molecule has 0 saturated carbocycles. The first-order chi connectivity index (χ1) is 21.9. The van der Waals surface area contributed by atoms with Crippen LogP contribution in [0.2, 0.25) is 0 Å². The Labute approximate surface area is 274 Å². The van der Waals surface area contributed by atoms with Crippen molar-refractivity contribution in [1.29, 1.82) is 0 Å². The van der Waals surface area contributed by atoms with Gasteiger partial charge in [-0.05, 0) is 49.2 Å². The van der Waals surface area contributed by atoms with Crippen LogP contribution in [0.25, 0.3) is 0 Å². The Balaban J connectivity index is 1.48. The average Bonchev–Trinajstić information content (AvgIpc) is 3.36. The molecule has 0 aromatic heterocycles. The number of benzene rings is 2. The van der Waals surface area contributed by atoms with E-state index in [4.69, 9.17) is 5.73 Å². The predicted molar refractivity (Wildman–Crippen MR) is 184 cm³/mol. The number of unbranched alkanes of at least 4 members (excludes halogenated alkanes) is 15. The molecule has 5 N–H and O–H groups in total. The number of nitrogens with two attached hydrogens (primary N) is 1. The fourth-order valence-corrected chi connectivity index (χ4v) is 6.63. The number of carbonyl (C=O) groups is 1. The molecule has 0 fully saturated rings. The molecule has 13 heteroatoms. The summed E-state index contributed by atoms with van der Waals surface area (Å²) < 4.78 is 65.5. The second kappa shape index (κ2) is 18.4. The molecule has 0 bridgehead atoms. The van der Waals surface area contributed by atoms with Gasteiger partial charge in [-0.1, -0.05) is 103 Å². The first-order valence-electron chi connectivity index (χ1n) is 16.5. The zero-order valence-electron chi connectivity index (χ0n) is 26.9. The standard InChI is InChI=1S/C33H50N4O7S2/c1-2-3-4-5-6-7-8-9-10-11-12-13-14-15-16-17-18-26-23-33(38)37(36-26)32-22-20-28(46(42,43)44)25-31(32)35-30-21-19-27(24-29(30)34)45(39,40)41/h19-22,24-25,35H,2-18,23,34H2,1H3,(H,39,40,41)(H,42,43,44). The molecule has 0 aliphatic carbocycles. The summed E-state index contributed by atoms with van der Waals surface area (Å²) >= 11 is 0. The van der Waals surface area contributed by atoms with Crippen molar-refractivity contribution in [1.82, 2.24) is 0 Å². The van der Waals surface area contributed by atoms with Crippen LogP contribution in [0.15, 0.2) is 51.3 Å². The monoisotopic (exact) mass is 678 g/mol. The molecule has 0 unspecified atom stereocenters. The van der Waals surface area contributed by atoms with E-state index in [2.05, 4.69) is 17.3 Å². The maximum absolute atomic E-state index is 13.0. The molecular weight excluding hydrogens is 629 g/mol. The van der Waals surface area contributed by atoms with Gasteiger partial charge in [0, 0.05) is 5.71 Å². The number of nitrogen functional groups attached to an aromatic ring is 1. The Kier molecular flexibility index (Phi) is 15.0. The molecule has 1 aliphatic heterocycles.